The second-order valence-corrected chi connectivity index (χ2v) is 4.99. The second kappa shape index (κ2) is 6.81. The molecule has 2 nitrogen and oxygen atoms in total. The van der Waals surface area contributed by atoms with E-state index in [1.165, 1.54) is 6.07 Å². The standard InChI is InChI=1S/C14H21F2NO/c1-9(6-10(2)18)8-17-11(3)12-4-5-13(15)14(16)7-12/h4-5,7,9-11,17-18H,6,8H2,1-3H3. The summed E-state index contributed by atoms with van der Waals surface area (Å²) in [5.41, 5.74) is 0.721. The Hall–Kier alpha value is -1.00. The van der Waals surface area contributed by atoms with E-state index in [1.807, 2.05) is 13.8 Å². The van der Waals surface area contributed by atoms with Gasteiger partial charge in [-0.25, -0.2) is 8.78 Å². The summed E-state index contributed by atoms with van der Waals surface area (Å²) in [7, 11) is 0. The van der Waals surface area contributed by atoms with E-state index >= 15 is 0 Å². The fourth-order valence-electron chi connectivity index (χ4n) is 1.94. The lowest BCUT2D eigenvalue weighted by molar-refractivity contribution is 0.162. The van der Waals surface area contributed by atoms with Crippen molar-refractivity contribution in [3.05, 3.63) is 35.4 Å². The molecule has 0 heterocycles. The lowest BCUT2D eigenvalue weighted by Gasteiger charge is -2.19. The molecule has 0 aromatic heterocycles. The van der Waals surface area contributed by atoms with Crippen LogP contribution in [0.2, 0.25) is 0 Å². The van der Waals surface area contributed by atoms with Crippen LogP contribution in [0, 0.1) is 17.6 Å². The van der Waals surface area contributed by atoms with Crippen molar-refractivity contribution in [1.29, 1.82) is 0 Å². The van der Waals surface area contributed by atoms with Gasteiger partial charge in [-0.1, -0.05) is 13.0 Å². The topological polar surface area (TPSA) is 32.3 Å². The van der Waals surface area contributed by atoms with Crippen molar-refractivity contribution in [1.82, 2.24) is 5.32 Å². The molecule has 2 N–H and O–H groups in total. The number of aliphatic hydroxyl groups excluding tert-OH is 1. The summed E-state index contributed by atoms with van der Waals surface area (Å²) >= 11 is 0. The monoisotopic (exact) mass is 257 g/mol. The first-order chi connectivity index (χ1) is 8.40. The predicted molar refractivity (Wildman–Crippen MR) is 68.2 cm³/mol. The molecule has 1 rings (SSSR count). The van der Waals surface area contributed by atoms with Gasteiger partial charge in [-0.2, -0.15) is 0 Å². The summed E-state index contributed by atoms with van der Waals surface area (Å²) in [6.45, 7) is 6.43. The van der Waals surface area contributed by atoms with Crippen molar-refractivity contribution in [2.45, 2.75) is 39.3 Å². The average molecular weight is 257 g/mol. The SMILES string of the molecule is CC(O)CC(C)CNC(C)c1ccc(F)c(F)c1. The van der Waals surface area contributed by atoms with Gasteiger partial charge in [-0.15, -0.1) is 0 Å². The van der Waals surface area contributed by atoms with E-state index in [4.69, 9.17) is 0 Å². The molecule has 1 aromatic rings. The number of benzene rings is 1. The van der Waals surface area contributed by atoms with E-state index in [1.54, 1.807) is 13.0 Å². The second-order valence-electron chi connectivity index (χ2n) is 4.99. The Balaban J connectivity index is 2.49. The van der Waals surface area contributed by atoms with Crippen LogP contribution in [0.15, 0.2) is 18.2 Å². The van der Waals surface area contributed by atoms with Crippen molar-refractivity contribution in [3.63, 3.8) is 0 Å². The molecule has 0 bridgehead atoms. The Morgan fingerprint density at radius 3 is 2.39 bits per heavy atom. The Morgan fingerprint density at radius 2 is 1.83 bits per heavy atom. The third-order valence-electron chi connectivity index (χ3n) is 2.96. The van der Waals surface area contributed by atoms with E-state index < -0.39 is 11.6 Å². The molecule has 3 unspecified atom stereocenters. The molecule has 0 amide bonds. The zero-order valence-electron chi connectivity index (χ0n) is 11.1. The average Bonchev–Trinajstić information content (AvgIpc) is 2.28. The normalized spacial score (nSPS) is 16.3. The number of nitrogens with one attached hydrogen (secondary N) is 1. The van der Waals surface area contributed by atoms with Gasteiger partial charge in [0, 0.05) is 6.04 Å². The number of hydrogen-bond acceptors (Lipinski definition) is 2. The van der Waals surface area contributed by atoms with Crippen LogP contribution in [0.3, 0.4) is 0 Å². The number of halogens is 2. The molecule has 3 atom stereocenters. The van der Waals surface area contributed by atoms with Crippen LogP contribution in [-0.4, -0.2) is 17.8 Å². The van der Waals surface area contributed by atoms with Crippen molar-refractivity contribution < 1.29 is 13.9 Å². The van der Waals surface area contributed by atoms with E-state index in [0.29, 0.717) is 5.92 Å². The zero-order valence-corrected chi connectivity index (χ0v) is 11.1. The van der Waals surface area contributed by atoms with Crippen LogP contribution < -0.4 is 5.32 Å². The first-order valence-electron chi connectivity index (χ1n) is 6.26. The van der Waals surface area contributed by atoms with Crippen molar-refractivity contribution in [2.75, 3.05) is 6.54 Å². The van der Waals surface area contributed by atoms with Gasteiger partial charge in [0.1, 0.15) is 0 Å². The summed E-state index contributed by atoms with van der Waals surface area (Å²) < 4.78 is 25.9. The van der Waals surface area contributed by atoms with Crippen LogP contribution in [0.4, 0.5) is 8.78 Å². The van der Waals surface area contributed by atoms with Crippen LogP contribution in [0.25, 0.3) is 0 Å². The van der Waals surface area contributed by atoms with Gasteiger partial charge in [0.2, 0.25) is 0 Å². The van der Waals surface area contributed by atoms with E-state index in [-0.39, 0.29) is 12.1 Å². The molecule has 0 saturated heterocycles. The van der Waals surface area contributed by atoms with Gasteiger partial charge < -0.3 is 10.4 Å². The number of aliphatic hydroxyl groups is 1. The van der Waals surface area contributed by atoms with E-state index in [2.05, 4.69) is 5.32 Å². The van der Waals surface area contributed by atoms with Gasteiger partial charge in [0.25, 0.3) is 0 Å². The molecule has 0 spiro atoms. The first-order valence-corrected chi connectivity index (χ1v) is 6.26. The van der Waals surface area contributed by atoms with Crippen molar-refractivity contribution in [3.8, 4) is 0 Å². The van der Waals surface area contributed by atoms with Crippen molar-refractivity contribution >= 4 is 0 Å². The van der Waals surface area contributed by atoms with Crippen LogP contribution in [0.1, 0.15) is 38.8 Å². The molecule has 18 heavy (non-hydrogen) atoms. The molecular weight excluding hydrogens is 236 g/mol. The molecule has 0 saturated carbocycles. The minimum atomic E-state index is -0.826. The number of hydrogen-bond donors (Lipinski definition) is 2. The maximum absolute atomic E-state index is 13.1. The fraction of sp³-hybridized carbons (Fsp3) is 0.571. The zero-order chi connectivity index (χ0) is 13.7. The highest BCUT2D eigenvalue weighted by atomic mass is 19.2. The van der Waals surface area contributed by atoms with E-state index in [9.17, 15) is 13.9 Å². The summed E-state index contributed by atoms with van der Waals surface area (Å²) in [5.74, 6) is -1.32. The van der Waals surface area contributed by atoms with Gasteiger partial charge in [0.15, 0.2) is 11.6 Å². The summed E-state index contributed by atoms with van der Waals surface area (Å²) in [4.78, 5) is 0. The van der Waals surface area contributed by atoms with Gasteiger partial charge in [0.05, 0.1) is 6.10 Å². The Bertz CT molecular complexity index is 382. The summed E-state index contributed by atoms with van der Waals surface area (Å²) in [6, 6.07) is 3.89. The summed E-state index contributed by atoms with van der Waals surface area (Å²) in [5, 5.41) is 12.5. The Kier molecular flexibility index (Phi) is 5.69. The van der Waals surface area contributed by atoms with Crippen LogP contribution in [-0.2, 0) is 0 Å². The molecule has 4 heteroatoms. The molecule has 0 aliphatic rings. The lowest BCUT2D eigenvalue weighted by atomic mass is 10.0. The van der Waals surface area contributed by atoms with Gasteiger partial charge >= 0.3 is 0 Å². The first kappa shape index (κ1) is 15.1. The maximum atomic E-state index is 13.1. The minimum Gasteiger partial charge on any atom is -0.393 e. The molecule has 1 aromatic carbocycles. The predicted octanol–water partition coefficient (Wildman–Crippen LogP) is 3.02. The molecule has 0 fully saturated rings. The van der Waals surface area contributed by atoms with E-state index in [0.717, 1.165) is 24.6 Å². The molecule has 102 valence electrons. The lowest BCUT2D eigenvalue weighted by Crippen LogP contribution is -2.26. The molecule has 0 aliphatic heterocycles. The van der Waals surface area contributed by atoms with Gasteiger partial charge in [-0.05, 0) is 50.4 Å². The molecular formula is C14H21F2NO. The largest absolute Gasteiger partial charge is 0.393 e. The molecule has 0 radical (unpaired) electrons. The molecule has 0 aliphatic carbocycles. The van der Waals surface area contributed by atoms with Crippen LogP contribution in [0.5, 0.6) is 0 Å². The number of rotatable bonds is 6. The van der Waals surface area contributed by atoms with Crippen LogP contribution >= 0.6 is 0 Å². The smallest absolute Gasteiger partial charge is 0.159 e. The van der Waals surface area contributed by atoms with Gasteiger partial charge in [-0.3, -0.25) is 0 Å². The highest BCUT2D eigenvalue weighted by molar-refractivity contribution is 5.20. The Labute approximate surface area is 107 Å². The minimum absolute atomic E-state index is 0.0449. The summed E-state index contributed by atoms with van der Waals surface area (Å²) in [6.07, 6.45) is 0.401. The third kappa shape index (κ3) is 4.70. The highest BCUT2D eigenvalue weighted by Crippen LogP contribution is 2.16. The highest BCUT2D eigenvalue weighted by Gasteiger charge is 2.11. The quantitative estimate of drug-likeness (QED) is 0.821. The third-order valence-corrected chi connectivity index (χ3v) is 2.96. The fourth-order valence-corrected chi connectivity index (χ4v) is 1.94. The Morgan fingerprint density at radius 1 is 1.17 bits per heavy atom. The van der Waals surface area contributed by atoms with Crippen molar-refractivity contribution in [2.24, 2.45) is 5.92 Å². The maximum Gasteiger partial charge on any atom is 0.159 e.